The minimum absolute atomic E-state index is 0.243. The molecule has 0 radical (unpaired) electrons. The third-order valence-electron chi connectivity index (χ3n) is 4.87. The second kappa shape index (κ2) is 5.91. The van der Waals surface area contributed by atoms with Crippen molar-refractivity contribution < 1.29 is 12.9 Å². The third-order valence-corrected chi connectivity index (χ3v) is 7.85. The van der Waals surface area contributed by atoms with Gasteiger partial charge in [0, 0.05) is 13.1 Å². The van der Waals surface area contributed by atoms with E-state index in [0.29, 0.717) is 23.8 Å². The standard InChI is InChI=1S/C15H20N4O3S2/c16-15(6-4-7-15)14-17-13(22-18-14)12-11(5-10-23-12)24(20,21)19-8-2-1-3-9-19/h5,10H,1-4,6-9,16H2. The lowest BCUT2D eigenvalue weighted by Gasteiger charge is -2.34. The van der Waals surface area contributed by atoms with Crippen LogP contribution in [0, 0.1) is 0 Å². The molecule has 0 unspecified atom stereocenters. The molecule has 130 valence electrons. The van der Waals surface area contributed by atoms with Crippen molar-refractivity contribution in [3.05, 3.63) is 17.3 Å². The second-order valence-corrected chi connectivity index (χ2v) is 9.33. The number of hydrogen-bond donors (Lipinski definition) is 1. The van der Waals surface area contributed by atoms with Crippen LogP contribution in [0.1, 0.15) is 44.3 Å². The number of hydrogen-bond acceptors (Lipinski definition) is 7. The zero-order valence-electron chi connectivity index (χ0n) is 13.3. The van der Waals surface area contributed by atoms with Gasteiger partial charge in [0.05, 0.1) is 5.54 Å². The number of thiophene rings is 1. The van der Waals surface area contributed by atoms with E-state index in [1.165, 1.54) is 11.3 Å². The molecule has 0 aromatic carbocycles. The Kier molecular flexibility index (Phi) is 3.98. The molecule has 0 atom stereocenters. The summed E-state index contributed by atoms with van der Waals surface area (Å²) in [7, 11) is -3.53. The predicted octanol–water partition coefficient (Wildman–Crippen LogP) is 2.31. The van der Waals surface area contributed by atoms with Gasteiger partial charge in [0.2, 0.25) is 10.0 Å². The van der Waals surface area contributed by atoms with Crippen LogP contribution in [0.2, 0.25) is 0 Å². The first-order chi connectivity index (χ1) is 11.5. The molecule has 1 aliphatic heterocycles. The third kappa shape index (κ3) is 2.59. The summed E-state index contributed by atoms with van der Waals surface area (Å²) in [5, 5.41) is 5.74. The quantitative estimate of drug-likeness (QED) is 0.888. The van der Waals surface area contributed by atoms with Crippen LogP contribution in [0.15, 0.2) is 20.9 Å². The molecular weight excluding hydrogens is 348 g/mol. The molecule has 1 saturated carbocycles. The number of aromatic nitrogens is 2. The van der Waals surface area contributed by atoms with E-state index in [1.807, 2.05) is 0 Å². The van der Waals surface area contributed by atoms with Crippen molar-refractivity contribution in [2.24, 2.45) is 5.73 Å². The Hall–Kier alpha value is -1.29. The Morgan fingerprint density at radius 2 is 1.96 bits per heavy atom. The Balaban J connectivity index is 1.67. The van der Waals surface area contributed by atoms with Gasteiger partial charge in [0.15, 0.2) is 5.82 Å². The van der Waals surface area contributed by atoms with Crippen molar-refractivity contribution in [2.45, 2.75) is 49.0 Å². The summed E-state index contributed by atoms with van der Waals surface area (Å²) >= 11 is 1.30. The molecule has 24 heavy (non-hydrogen) atoms. The van der Waals surface area contributed by atoms with E-state index in [1.54, 1.807) is 15.8 Å². The van der Waals surface area contributed by atoms with Crippen molar-refractivity contribution in [3.63, 3.8) is 0 Å². The zero-order chi connectivity index (χ0) is 16.8. The lowest BCUT2D eigenvalue weighted by molar-refractivity contribution is 0.229. The second-order valence-electron chi connectivity index (χ2n) is 6.51. The van der Waals surface area contributed by atoms with Gasteiger partial charge in [-0.3, -0.25) is 0 Å². The first-order valence-electron chi connectivity index (χ1n) is 8.22. The van der Waals surface area contributed by atoms with Crippen molar-refractivity contribution in [2.75, 3.05) is 13.1 Å². The number of nitrogens with two attached hydrogens (primary N) is 1. The van der Waals surface area contributed by atoms with Crippen LogP contribution in [0.5, 0.6) is 0 Å². The summed E-state index contributed by atoms with van der Waals surface area (Å²) < 4.78 is 32.8. The van der Waals surface area contributed by atoms with E-state index >= 15 is 0 Å². The van der Waals surface area contributed by atoms with Crippen molar-refractivity contribution in [1.29, 1.82) is 0 Å². The summed E-state index contributed by atoms with van der Waals surface area (Å²) in [5.41, 5.74) is 5.70. The van der Waals surface area contributed by atoms with Gasteiger partial charge in [-0.1, -0.05) is 11.6 Å². The summed E-state index contributed by atoms with van der Waals surface area (Å²) in [5.74, 6) is 0.714. The van der Waals surface area contributed by atoms with E-state index in [4.69, 9.17) is 10.3 Å². The first kappa shape index (κ1) is 16.2. The van der Waals surface area contributed by atoms with Gasteiger partial charge < -0.3 is 10.3 Å². The van der Waals surface area contributed by atoms with Gasteiger partial charge in [-0.25, -0.2) is 8.42 Å². The highest BCUT2D eigenvalue weighted by molar-refractivity contribution is 7.89. The van der Waals surface area contributed by atoms with Crippen LogP contribution in [0.25, 0.3) is 10.8 Å². The summed E-state index contributed by atoms with van der Waals surface area (Å²) in [6.07, 6.45) is 5.59. The molecule has 1 saturated heterocycles. The normalized spacial score (nSPS) is 21.5. The minimum atomic E-state index is -3.53. The van der Waals surface area contributed by atoms with Crippen molar-refractivity contribution in [1.82, 2.24) is 14.4 Å². The molecule has 2 aliphatic rings. The topological polar surface area (TPSA) is 102 Å². The summed E-state index contributed by atoms with van der Waals surface area (Å²) in [6, 6.07) is 1.62. The fraction of sp³-hybridized carbons (Fsp3) is 0.600. The Morgan fingerprint density at radius 3 is 2.62 bits per heavy atom. The highest BCUT2D eigenvalue weighted by atomic mass is 32.2. The highest BCUT2D eigenvalue weighted by Gasteiger charge is 2.40. The Bertz CT molecular complexity index is 833. The summed E-state index contributed by atoms with van der Waals surface area (Å²) in [4.78, 5) is 5.15. The maximum Gasteiger partial charge on any atom is 0.269 e. The van der Waals surface area contributed by atoms with Crippen LogP contribution >= 0.6 is 11.3 Å². The SMILES string of the molecule is NC1(c2noc(-c3sccc3S(=O)(=O)N3CCCCC3)n2)CCC1. The fourth-order valence-corrected chi connectivity index (χ4v) is 6.03. The van der Waals surface area contributed by atoms with Gasteiger partial charge in [-0.15, -0.1) is 11.3 Å². The largest absolute Gasteiger partial charge is 0.333 e. The highest BCUT2D eigenvalue weighted by Crippen LogP contribution is 2.39. The molecule has 4 rings (SSSR count). The fourth-order valence-electron chi connectivity index (χ4n) is 3.20. The van der Waals surface area contributed by atoms with Crippen molar-refractivity contribution in [3.8, 4) is 10.8 Å². The van der Waals surface area contributed by atoms with Gasteiger partial charge in [0.1, 0.15) is 9.77 Å². The smallest absolute Gasteiger partial charge is 0.269 e. The lowest BCUT2D eigenvalue weighted by atomic mass is 9.77. The van der Waals surface area contributed by atoms with Gasteiger partial charge in [-0.2, -0.15) is 9.29 Å². The van der Waals surface area contributed by atoms with Crippen molar-refractivity contribution >= 4 is 21.4 Å². The molecule has 2 aromatic rings. The van der Waals surface area contributed by atoms with Crippen LogP contribution < -0.4 is 5.73 Å². The molecule has 2 aromatic heterocycles. The molecule has 3 heterocycles. The molecule has 0 bridgehead atoms. The number of nitrogens with zero attached hydrogens (tertiary/aromatic N) is 3. The molecule has 7 nitrogen and oxygen atoms in total. The molecule has 0 spiro atoms. The number of piperidine rings is 1. The molecular formula is C15H20N4O3S2. The van der Waals surface area contributed by atoms with Gasteiger partial charge in [0.25, 0.3) is 5.89 Å². The Morgan fingerprint density at radius 1 is 1.21 bits per heavy atom. The first-order valence-corrected chi connectivity index (χ1v) is 10.5. The van der Waals surface area contributed by atoms with Crippen LogP contribution in [0.3, 0.4) is 0 Å². The molecule has 2 fully saturated rings. The summed E-state index contributed by atoms with van der Waals surface area (Å²) in [6.45, 7) is 1.14. The van der Waals surface area contributed by atoms with Crippen LogP contribution in [-0.4, -0.2) is 36.0 Å². The van der Waals surface area contributed by atoms with Gasteiger partial charge >= 0.3 is 0 Å². The van der Waals surface area contributed by atoms with Crippen LogP contribution in [-0.2, 0) is 15.6 Å². The van der Waals surface area contributed by atoms with E-state index < -0.39 is 15.6 Å². The van der Waals surface area contributed by atoms with E-state index in [9.17, 15) is 8.42 Å². The average Bonchev–Trinajstić information content (AvgIpc) is 3.22. The zero-order valence-corrected chi connectivity index (χ0v) is 14.9. The molecule has 9 heteroatoms. The average molecular weight is 368 g/mol. The van der Waals surface area contributed by atoms with Crippen LogP contribution in [0.4, 0.5) is 0 Å². The van der Waals surface area contributed by atoms with Gasteiger partial charge in [-0.05, 0) is 43.6 Å². The minimum Gasteiger partial charge on any atom is -0.333 e. The molecule has 1 aliphatic carbocycles. The maximum atomic E-state index is 12.9. The lowest BCUT2D eigenvalue weighted by Crippen LogP contribution is -2.44. The predicted molar refractivity (Wildman–Crippen MR) is 89.9 cm³/mol. The van der Waals surface area contributed by atoms with E-state index in [2.05, 4.69) is 10.1 Å². The van der Waals surface area contributed by atoms with E-state index in [-0.39, 0.29) is 10.8 Å². The maximum absolute atomic E-state index is 12.9. The van der Waals surface area contributed by atoms with E-state index in [0.717, 1.165) is 38.5 Å². The Labute approximate surface area is 144 Å². The molecule has 0 amide bonds. The monoisotopic (exact) mass is 368 g/mol. The number of sulfonamides is 1. The molecule has 2 N–H and O–H groups in total. The number of rotatable bonds is 4.